The van der Waals surface area contributed by atoms with Crippen molar-refractivity contribution < 1.29 is 23.1 Å². The summed E-state index contributed by atoms with van der Waals surface area (Å²) in [5.41, 5.74) is -0.242. The first-order valence-electron chi connectivity index (χ1n) is 8.14. The average Bonchev–Trinajstić information content (AvgIpc) is 2.55. The molecule has 2 heterocycles. The van der Waals surface area contributed by atoms with Gasteiger partial charge in [-0.2, -0.15) is 13.2 Å². The van der Waals surface area contributed by atoms with Crippen LogP contribution < -0.4 is 0 Å². The van der Waals surface area contributed by atoms with Crippen LogP contribution >= 0.6 is 0 Å². The predicted molar refractivity (Wildman–Crippen MR) is 82.2 cm³/mol. The van der Waals surface area contributed by atoms with Gasteiger partial charge in [0.05, 0.1) is 6.54 Å². The van der Waals surface area contributed by atoms with Gasteiger partial charge in [-0.1, -0.05) is 24.3 Å². The van der Waals surface area contributed by atoms with Crippen LogP contribution in [-0.4, -0.2) is 58.8 Å². The highest BCUT2D eigenvalue weighted by Crippen LogP contribution is 2.38. The normalized spacial score (nSPS) is 21.4. The molecule has 0 spiro atoms. The highest BCUT2D eigenvalue weighted by Gasteiger charge is 2.54. The Kier molecular flexibility index (Phi) is 4.57. The van der Waals surface area contributed by atoms with Crippen LogP contribution in [0.25, 0.3) is 0 Å². The zero-order chi connectivity index (χ0) is 17.4. The number of fused-ring (bicyclic) bond motifs is 1. The fraction of sp³-hybridized carbons (Fsp3) is 0.588. The van der Waals surface area contributed by atoms with Gasteiger partial charge in [-0.25, -0.2) is 0 Å². The van der Waals surface area contributed by atoms with E-state index in [2.05, 4.69) is 6.07 Å². The lowest BCUT2D eigenvalue weighted by molar-refractivity contribution is -0.272. The van der Waals surface area contributed by atoms with Gasteiger partial charge in [-0.05, 0) is 30.4 Å². The molecule has 1 saturated heterocycles. The molecule has 1 aromatic rings. The minimum Gasteiger partial charge on any atom is -0.380 e. The van der Waals surface area contributed by atoms with Crippen molar-refractivity contribution in [1.29, 1.82) is 0 Å². The molecular weight excluding hydrogens is 321 g/mol. The highest BCUT2D eigenvalue weighted by atomic mass is 19.4. The van der Waals surface area contributed by atoms with E-state index in [0.29, 0.717) is 13.1 Å². The summed E-state index contributed by atoms with van der Waals surface area (Å²) in [4.78, 5) is 15.9. The van der Waals surface area contributed by atoms with E-state index in [9.17, 15) is 23.1 Å². The van der Waals surface area contributed by atoms with Crippen LogP contribution in [0.1, 0.15) is 24.0 Å². The Morgan fingerprint density at radius 2 is 1.75 bits per heavy atom. The third-order valence-electron chi connectivity index (χ3n) is 5.05. The Balaban J connectivity index is 1.54. The smallest absolute Gasteiger partial charge is 0.380 e. The molecule has 0 radical (unpaired) electrons. The third kappa shape index (κ3) is 3.42. The predicted octanol–water partition coefficient (Wildman–Crippen LogP) is 1.96. The fourth-order valence-corrected chi connectivity index (χ4v) is 3.36. The van der Waals surface area contributed by atoms with Crippen LogP contribution in [-0.2, 0) is 17.8 Å². The lowest BCUT2D eigenvalue weighted by Crippen LogP contribution is -2.54. The summed E-state index contributed by atoms with van der Waals surface area (Å²) >= 11 is 0. The Morgan fingerprint density at radius 1 is 1.12 bits per heavy atom. The standard InChI is InChI=1S/C17H21F3N2O2/c18-17(19,20)16(24)6-9-21(10-7-16)12-15(23)22-8-5-13-3-1-2-4-14(13)11-22/h1-4,24H,5-12H2. The van der Waals surface area contributed by atoms with E-state index < -0.39 is 11.8 Å². The minimum absolute atomic E-state index is 0.0676. The molecular formula is C17H21F3N2O2. The number of alkyl halides is 3. The quantitative estimate of drug-likeness (QED) is 0.894. The van der Waals surface area contributed by atoms with E-state index in [1.807, 2.05) is 18.2 Å². The second-order valence-electron chi connectivity index (χ2n) is 6.64. The zero-order valence-corrected chi connectivity index (χ0v) is 13.4. The highest BCUT2D eigenvalue weighted by molar-refractivity contribution is 5.78. The van der Waals surface area contributed by atoms with Gasteiger partial charge < -0.3 is 10.0 Å². The summed E-state index contributed by atoms with van der Waals surface area (Å²) in [5.74, 6) is -0.0676. The van der Waals surface area contributed by atoms with E-state index in [-0.39, 0.29) is 38.4 Å². The number of halogens is 3. The van der Waals surface area contributed by atoms with Gasteiger partial charge in [0, 0.05) is 26.2 Å². The molecule has 0 bridgehead atoms. The molecule has 1 amide bonds. The largest absolute Gasteiger partial charge is 0.417 e. The van der Waals surface area contributed by atoms with E-state index >= 15 is 0 Å². The molecule has 0 atom stereocenters. The summed E-state index contributed by atoms with van der Waals surface area (Å²) in [6, 6.07) is 7.97. The van der Waals surface area contributed by atoms with E-state index in [1.54, 1.807) is 9.80 Å². The minimum atomic E-state index is -4.61. The van der Waals surface area contributed by atoms with Crippen molar-refractivity contribution in [2.75, 3.05) is 26.2 Å². The first-order chi connectivity index (χ1) is 11.3. The van der Waals surface area contributed by atoms with Crippen LogP contribution in [0, 0.1) is 0 Å². The molecule has 24 heavy (non-hydrogen) atoms. The van der Waals surface area contributed by atoms with Crippen molar-refractivity contribution in [3.63, 3.8) is 0 Å². The Hall–Kier alpha value is -1.60. The average molecular weight is 342 g/mol. The number of aliphatic hydroxyl groups is 1. The van der Waals surface area contributed by atoms with E-state index in [1.165, 1.54) is 5.56 Å². The number of carbonyl (C=O) groups is 1. The summed E-state index contributed by atoms with van der Waals surface area (Å²) in [7, 11) is 0. The van der Waals surface area contributed by atoms with E-state index in [4.69, 9.17) is 0 Å². The lowest BCUT2D eigenvalue weighted by Gasteiger charge is -2.39. The SMILES string of the molecule is O=C(CN1CCC(O)(C(F)(F)F)CC1)N1CCc2ccccc2C1. The second-order valence-corrected chi connectivity index (χ2v) is 6.64. The topological polar surface area (TPSA) is 43.8 Å². The van der Waals surface area contributed by atoms with E-state index in [0.717, 1.165) is 12.0 Å². The van der Waals surface area contributed by atoms with Gasteiger partial charge in [0.25, 0.3) is 0 Å². The van der Waals surface area contributed by atoms with Crippen molar-refractivity contribution in [2.45, 2.75) is 37.6 Å². The molecule has 0 aliphatic carbocycles. The summed E-state index contributed by atoms with van der Waals surface area (Å²) < 4.78 is 38.4. The van der Waals surface area contributed by atoms with Crippen molar-refractivity contribution in [2.24, 2.45) is 0 Å². The van der Waals surface area contributed by atoms with Crippen molar-refractivity contribution >= 4 is 5.91 Å². The van der Waals surface area contributed by atoms with Gasteiger partial charge in [-0.15, -0.1) is 0 Å². The molecule has 3 rings (SSSR count). The first kappa shape index (κ1) is 17.2. The van der Waals surface area contributed by atoms with Crippen molar-refractivity contribution in [3.8, 4) is 0 Å². The molecule has 0 aromatic heterocycles. The summed E-state index contributed by atoms with van der Waals surface area (Å²) in [5, 5.41) is 9.67. The summed E-state index contributed by atoms with van der Waals surface area (Å²) in [6.45, 7) is 1.44. The molecule has 1 aromatic carbocycles. The molecule has 2 aliphatic heterocycles. The second kappa shape index (κ2) is 6.37. The number of likely N-dealkylation sites (tertiary alicyclic amines) is 1. The monoisotopic (exact) mass is 342 g/mol. The van der Waals surface area contributed by atoms with Crippen LogP contribution in [0.5, 0.6) is 0 Å². The Labute approximate surface area is 138 Å². The molecule has 7 heteroatoms. The maximum absolute atomic E-state index is 12.8. The van der Waals surface area contributed by atoms with Crippen LogP contribution in [0.15, 0.2) is 24.3 Å². The molecule has 4 nitrogen and oxygen atoms in total. The number of nitrogens with zero attached hydrogens (tertiary/aromatic N) is 2. The zero-order valence-electron chi connectivity index (χ0n) is 13.4. The van der Waals surface area contributed by atoms with Crippen LogP contribution in [0.4, 0.5) is 13.2 Å². The first-order valence-corrected chi connectivity index (χ1v) is 8.14. The number of benzene rings is 1. The van der Waals surface area contributed by atoms with Gasteiger partial charge in [0.1, 0.15) is 0 Å². The molecule has 0 saturated carbocycles. The maximum Gasteiger partial charge on any atom is 0.417 e. The number of amides is 1. The number of hydrogen-bond acceptors (Lipinski definition) is 3. The number of rotatable bonds is 2. The van der Waals surface area contributed by atoms with Crippen molar-refractivity contribution in [3.05, 3.63) is 35.4 Å². The molecule has 132 valence electrons. The maximum atomic E-state index is 12.8. The lowest BCUT2D eigenvalue weighted by atomic mass is 9.91. The summed E-state index contributed by atoms with van der Waals surface area (Å²) in [6.07, 6.45) is -4.57. The van der Waals surface area contributed by atoms with Crippen molar-refractivity contribution in [1.82, 2.24) is 9.80 Å². The van der Waals surface area contributed by atoms with Crippen LogP contribution in [0.2, 0.25) is 0 Å². The van der Waals surface area contributed by atoms with Gasteiger partial charge in [0.15, 0.2) is 5.60 Å². The Bertz CT molecular complexity index is 610. The fourth-order valence-electron chi connectivity index (χ4n) is 3.36. The molecule has 1 N–H and O–H groups in total. The van der Waals surface area contributed by atoms with Gasteiger partial charge >= 0.3 is 6.18 Å². The van der Waals surface area contributed by atoms with Gasteiger partial charge in [0.2, 0.25) is 5.91 Å². The molecule has 0 unspecified atom stereocenters. The Morgan fingerprint density at radius 3 is 2.38 bits per heavy atom. The number of hydrogen-bond donors (Lipinski definition) is 1. The molecule has 2 aliphatic rings. The number of piperidine rings is 1. The van der Waals surface area contributed by atoms with Crippen LogP contribution in [0.3, 0.4) is 0 Å². The third-order valence-corrected chi connectivity index (χ3v) is 5.05. The van der Waals surface area contributed by atoms with Gasteiger partial charge in [-0.3, -0.25) is 9.69 Å². The number of carbonyl (C=O) groups excluding carboxylic acids is 1. The molecule has 1 fully saturated rings.